The number of benzene rings is 1. The van der Waals surface area contributed by atoms with Crippen molar-refractivity contribution < 1.29 is 19.4 Å². The number of hydrogen-bond donors (Lipinski definition) is 2. The van der Waals surface area contributed by atoms with Crippen LogP contribution in [0.1, 0.15) is 32.8 Å². The van der Waals surface area contributed by atoms with E-state index in [-0.39, 0.29) is 12.5 Å². The van der Waals surface area contributed by atoms with E-state index in [4.69, 9.17) is 9.84 Å². The highest BCUT2D eigenvalue weighted by Crippen LogP contribution is 2.12. The molecule has 116 valence electrons. The number of hydrogen-bond acceptors (Lipinski definition) is 3. The Morgan fingerprint density at radius 3 is 2.33 bits per heavy atom. The quantitative estimate of drug-likeness (QED) is 0.770. The van der Waals surface area contributed by atoms with E-state index in [9.17, 15) is 9.59 Å². The Balaban J connectivity index is 2.46. The molecule has 0 bridgehead atoms. The first-order valence-electron chi connectivity index (χ1n) is 7.16. The number of carbonyl (C=O) groups excluding carboxylic acids is 1. The molecule has 0 radical (unpaired) electrons. The van der Waals surface area contributed by atoms with Crippen LogP contribution >= 0.6 is 0 Å². The monoisotopic (exact) mass is 293 g/mol. The Labute approximate surface area is 125 Å². The Bertz CT molecular complexity index is 468. The van der Waals surface area contributed by atoms with Gasteiger partial charge in [0.25, 0.3) is 5.91 Å². The van der Waals surface area contributed by atoms with E-state index in [2.05, 4.69) is 12.2 Å². The lowest BCUT2D eigenvalue weighted by atomic mass is 10.0. The molecule has 1 atom stereocenters. The summed E-state index contributed by atoms with van der Waals surface area (Å²) in [6, 6.07) is 6.60. The summed E-state index contributed by atoms with van der Waals surface area (Å²) in [5, 5.41) is 11.5. The van der Waals surface area contributed by atoms with E-state index < -0.39 is 17.9 Å². The number of rotatable bonds is 8. The van der Waals surface area contributed by atoms with Crippen molar-refractivity contribution in [1.82, 2.24) is 5.32 Å². The number of carboxylic acids is 1. The molecule has 0 saturated carbocycles. The molecule has 0 fully saturated rings. The molecule has 1 aromatic carbocycles. The van der Waals surface area contributed by atoms with E-state index in [1.54, 1.807) is 12.1 Å². The van der Waals surface area contributed by atoms with Crippen LogP contribution in [-0.2, 0) is 16.0 Å². The highest BCUT2D eigenvalue weighted by molar-refractivity contribution is 5.84. The van der Waals surface area contributed by atoms with E-state index in [1.807, 2.05) is 26.0 Å². The van der Waals surface area contributed by atoms with Gasteiger partial charge < -0.3 is 15.2 Å². The molecule has 5 heteroatoms. The van der Waals surface area contributed by atoms with Gasteiger partial charge in [-0.25, -0.2) is 4.79 Å². The normalized spacial score (nSPS) is 12.0. The highest BCUT2D eigenvalue weighted by Gasteiger charge is 2.21. The third kappa shape index (κ3) is 6.29. The first kappa shape index (κ1) is 17.0. The fourth-order valence-electron chi connectivity index (χ4n) is 1.90. The predicted molar refractivity (Wildman–Crippen MR) is 80.3 cm³/mol. The molecule has 5 nitrogen and oxygen atoms in total. The Hall–Kier alpha value is -2.04. The zero-order valence-electron chi connectivity index (χ0n) is 12.8. The highest BCUT2D eigenvalue weighted by atomic mass is 16.5. The number of aliphatic carboxylic acids is 1. The largest absolute Gasteiger partial charge is 0.484 e. The first-order valence-corrected chi connectivity index (χ1v) is 7.16. The number of ether oxygens (including phenoxy) is 1. The van der Waals surface area contributed by atoms with Gasteiger partial charge in [-0.2, -0.15) is 0 Å². The van der Waals surface area contributed by atoms with Crippen LogP contribution in [0, 0.1) is 5.92 Å². The van der Waals surface area contributed by atoms with E-state index in [0.717, 1.165) is 6.42 Å². The minimum absolute atomic E-state index is 0.187. The average Bonchev–Trinajstić information content (AvgIpc) is 2.44. The van der Waals surface area contributed by atoms with Crippen LogP contribution in [-0.4, -0.2) is 29.6 Å². The Kier molecular flexibility index (Phi) is 6.72. The minimum atomic E-state index is -1.02. The lowest BCUT2D eigenvalue weighted by Gasteiger charge is -2.16. The van der Waals surface area contributed by atoms with Crippen LogP contribution in [0.4, 0.5) is 0 Å². The number of carbonyl (C=O) groups is 2. The van der Waals surface area contributed by atoms with Crippen LogP contribution in [0.5, 0.6) is 5.75 Å². The molecular formula is C16H23NO4. The molecule has 0 heterocycles. The second-order valence-electron chi connectivity index (χ2n) is 5.37. The second kappa shape index (κ2) is 8.29. The van der Waals surface area contributed by atoms with Crippen molar-refractivity contribution in [2.45, 2.75) is 39.7 Å². The van der Waals surface area contributed by atoms with Gasteiger partial charge in [0.2, 0.25) is 0 Å². The Morgan fingerprint density at radius 1 is 1.24 bits per heavy atom. The maximum atomic E-state index is 11.7. The molecule has 1 rings (SSSR count). The Morgan fingerprint density at radius 2 is 1.86 bits per heavy atom. The maximum absolute atomic E-state index is 11.7. The minimum Gasteiger partial charge on any atom is -0.484 e. The fraction of sp³-hybridized carbons (Fsp3) is 0.500. The summed E-state index contributed by atoms with van der Waals surface area (Å²) in [7, 11) is 0. The molecule has 0 saturated heterocycles. The molecule has 0 spiro atoms. The van der Waals surface area contributed by atoms with Crippen LogP contribution in [0.15, 0.2) is 24.3 Å². The molecule has 1 amide bonds. The van der Waals surface area contributed by atoms with E-state index >= 15 is 0 Å². The van der Waals surface area contributed by atoms with Crippen LogP contribution in [0.2, 0.25) is 0 Å². The van der Waals surface area contributed by atoms with Gasteiger partial charge in [-0.1, -0.05) is 32.9 Å². The van der Waals surface area contributed by atoms with Gasteiger partial charge >= 0.3 is 5.97 Å². The summed E-state index contributed by atoms with van der Waals surface area (Å²) < 4.78 is 5.35. The second-order valence-corrected chi connectivity index (χ2v) is 5.37. The third-order valence-corrected chi connectivity index (χ3v) is 3.04. The van der Waals surface area contributed by atoms with Gasteiger partial charge in [0.05, 0.1) is 0 Å². The number of amides is 1. The lowest BCUT2D eigenvalue weighted by Crippen LogP contribution is -2.43. The molecule has 0 aliphatic rings. The zero-order valence-corrected chi connectivity index (χ0v) is 12.8. The molecule has 1 aromatic rings. The summed E-state index contributed by atoms with van der Waals surface area (Å²) in [5.41, 5.74) is 1.19. The van der Waals surface area contributed by atoms with Crippen molar-refractivity contribution in [1.29, 1.82) is 0 Å². The van der Waals surface area contributed by atoms with Crippen molar-refractivity contribution >= 4 is 11.9 Å². The van der Waals surface area contributed by atoms with Gasteiger partial charge in [0.1, 0.15) is 11.8 Å². The van der Waals surface area contributed by atoms with Gasteiger partial charge in [-0.05, 0) is 36.5 Å². The van der Waals surface area contributed by atoms with Gasteiger partial charge in [-0.3, -0.25) is 4.79 Å². The summed E-state index contributed by atoms with van der Waals surface area (Å²) in [4.78, 5) is 22.8. The summed E-state index contributed by atoms with van der Waals surface area (Å²) in [6.45, 7) is 5.69. The van der Waals surface area contributed by atoms with Crippen molar-refractivity contribution in [3.05, 3.63) is 29.8 Å². The average molecular weight is 293 g/mol. The first-order chi connectivity index (χ1) is 9.92. The maximum Gasteiger partial charge on any atom is 0.326 e. The van der Waals surface area contributed by atoms with Crippen molar-refractivity contribution in [3.8, 4) is 5.75 Å². The van der Waals surface area contributed by atoms with Crippen molar-refractivity contribution in [2.24, 2.45) is 5.92 Å². The predicted octanol–water partition coefficient (Wildman–Crippen LogP) is 2.24. The number of nitrogens with one attached hydrogen (secondary N) is 1. The molecule has 0 aromatic heterocycles. The standard InChI is InChI=1S/C16H23NO4/c1-4-12-5-7-13(8-6-12)21-10-15(18)17-14(16(19)20)9-11(2)3/h5-8,11,14H,4,9-10H2,1-3H3,(H,17,18)(H,19,20)/t14-/m0/s1. The lowest BCUT2D eigenvalue weighted by molar-refractivity contribution is -0.142. The number of carboxylic acid groups (broad SMARTS) is 1. The molecule has 0 unspecified atom stereocenters. The van der Waals surface area contributed by atoms with Gasteiger partial charge in [0, 0.05) is 0 Å². The molecule has 21 heavy (non-hydrogen) atoms. The van der Waals surface area contributed by atoms with Gasteiger partial charge in [0.15, 0.2) is 6.61 Å². The zero-order chi connectivity index (χ0) is 15.8. The fourth-order valence-corrected chi connectivity index (χ4v) is 1.90. The molecule has 0 aliphatic carbocycles. The van der Waals surface area contributed by atoms with E-state index in [1.165, 1.54) is 5.56 Å². The van der Waals surface area contributed by atoms with Crippen molar-refractivity contribution in [2.75, 3.05) is 6.61 Å². The number of aryl methyl sites for hydroxylation is 1. The third-order valence-electron chi connectivity index (χ3n) is 3.04. The topological polar surface area (TPSA) is 75.6 Å². The van der Waals surface area contributed by atoms with Crippen LogP contribution in [0.3, 0.4) is 0 Å². The smallest absolute Gasteiger partial charge is 0.326 e. The summed E-state index contributed by atoms with van der Waals surface area (Å²) in [5.74, 6) is -0.668. The van der Waals surface area contributed by atoms with Crippen molar-refractivity contribution in [3.63, 3.8) is 0 Å². The van der Waals surface area contributed by atoms with Crippen LogP contribution in [0.25, 0.3) is 0 Å². The molecule has 0 aliphatic heterocycles. The van der Waals surface area contributed by atoms with E-state index in [0.29, 0.717) is 12.2 Å². The summed E-state index contributed by atoms with van der Waals surface area (Å²) in [6.07, 6.45) is 1.34. The molecular weight excluding hydrogens is 270 g/mol. The van der Waals surface area contributed by atoms with Crippen LogP contribution < -0.4 is 10.1 Å². The van der Waals surface area contributed by atoms with Gasteiger partial charge in [-0.15, -0.1) is 0 Å². The molecule has 2 N–H and O–H groups in total. The SMILES string of the molecule is CCc1ccc(OCC(=O)N[C@@H](CC(C)C)C(=O)O)cc1. The summed E-state index contributed by atoms with van der Waals surface area (Å²) >= 11 is 0.